The zero-order valence-corrected chi connectivity index (χ0v) is 18.7. The molecule has 0 spiro atoms. The maximum Gasteiger partial charge on any atom is 0.258 e. The van der Waals surface area contributed by atoms with Gasteiger partial charge in [-0.05, 0) is 48.7 Å². The fourth-order valence-corrected chi connectivity index (χ4v) is 4.13. The fourth-order valence-electron chi connectivity index (χ4n) is 4.13. The lowest BCUT2D eigenvalue weighted by molar-refractivity contribution is 0.354. The summed E-state index contributed by atoms with van der Waals surface area (Å²) in [6.45, 7) is 2.29. The van der Waals surface area contributed by atoms with Gasteiger partial charge in [-0.15, -0.1) is 0 Å². The predicted molar refractivity (Wildman–Crippen MR) is 122 cm³/mol. The summed E-state index contributed by atoms with van der Waals surface area (Å²) in [7, 11) is 3.18. The molecule has 8 nitrogen and oxygen atoms in total. The number of ether oxygens (including phenoxy) is 3. The van der Waals surface area contributed by atoms with Crippen LogP contribution in [0.3, 0.4) is 0 Å². The van der Waals surface area contributed by atoms with Crippen LogP contribution in [0.15, 0.2) is 65.0 Å². The van der Waals surface area contributed by atoms with E-state index in [2.05, 4.69) is 11.1 Å². The van der Waals surface area contributed by atoms with E-state index in [0.29, 0.717) is 35.8 Å². The summed E-state index contributed by atoms with van der Waals surface area (Å²) in [6, 6.07) is 13.2. The summed E-state index contributed by atoms with van der Waals surface area (Å²) in [5.41, 5.74) is 8.92. The molecule has 2 aromatic heterocycles. The molecule has 3 heterocycles. The van der Waals surface area contributed by atoms with E-state index >= 15 is 0 Å². The topological polar surface area (TPSA) is 112 Å². The van der Waals surface area contributed by atoms with Gasteiger partial charge in [0.05, 0.1) is 25.7 Å². The van der Waals surface area contributed by atoms with Crippen molar-refractivity contribution in [1.29, 1.82) is 5.26 Å². The van der Waals surface area contributed by atoms with Crippen molar-refractivity contribution in [3.8, 4) is 23.3 Å². The molecule has 0 bridgehead atoms. The lowest BCUT2D eigenvalue weighted by Crippen LogP contribution is -2.33. The molecule has 3 aromatic rings. The summed E-state index contributed by atoms with van der Waals surface area (Å²) < 4.78 is 18.1. The molecule has 1 atom stereocenters. The number of benzene rings is 1. The molecule has 0 saturated carbocycles. The smallest absolute Gasteiger partial charge is 0.258 e. The molecular weight excluding hydrogens is 420 g/mol. The quantitative estimate of drug-likeness (QED) is 0.622. The number of hydrogen-bond donors (Lipinski definition) is 1. The van der Waals surface area contributed by atoms with Crippen LogP contribution < -0.4 is 25.5 Å². The van der Waals surface area contributed by atoms with Gasteiger partial charge in [-0.25, -0.2) is 0 Å². The fraction of sp³-hybridized carbons (Fsp3) is 0.240. The van der Waals surface area contributed by atoms with Crippen LogP contribution in [-0.2, 0) is 13.0 Å². The van der Waals surface area contributed by atoms with Gasteiger partial charge in [0.1, 0.15) is 17.4 Å². The summed E-state index contributed by atoms with van der Waals surface area (Å²) in [4.78, 5) is 17.7. The number of methoxy groups -OCH3 is 2. The summed E-state index contributed by atoms with van der Waals surface area (Å²) in [6.07, 6.45) is 3.85. The van der Waals surface area contributed by atoms with Gasteiger partial charge in [0.2, 0.25) is 5.88 Å². The number of nitriles is 1. The molecule has 0 radical (unpaired) electrons. The summed E-state index contributed by atoms with van der Waals surface area (Å²) in [5, 5.41) is 9.76. The van der Waals surface area contributed by atoms with Gasteiger partial charge < -0.3 is 24.5 Å². The van der Waals surface area contributed by atoms with Crippen molar-refractivity contribution >= 4 is 0 Å². The van der Waals surface area contributed by atoms with Gasteiger partial charge in [0.15, 0.2) is 11.5 Å². The third kappa shape index (κ3) is 4.01. The lowest BCUT2D eigenvalue weighted by Gasteiger charge is -2.27. The first-order valence-electron chi connectivity index (χ1n) is 10.4. The molecule has 1 aromatic carbocycles. The molecule has 33 heavy (non-hydrogen) atoms. The van der Waals surface area contributed by atoms with E-state index < -0.39 is 5.92 Å². The van der Waals surface area contributed by atoms with Crippen molar-refractivity contribution in [3.05, 3.63) is 93.0 Å². The first-order valence-corrected chi connectivity index (χ1v) is 10.4. The number of rotatable bonds is 6. The molecule has 0 fully saturated rings. The molecule has 0 unspecified atom stereocenters. The Bertz CT molecular complexity index is 1320. The third-order valence-corrected chi connectivity index (χ3v) is 5.80. The summed E-state index contributed by atoms with van der Waals surface area (Å²) in [5.74, 6) is 1.04. The van der Waals surface area contributed by atoms with Gasteiger partial charge in [0, 0.05) is 30.7 Å². The number of hydrogen-bond acceptors (Lipinski definition) is 7. The van der Waals surface area contributed by atoms with Crippen molar-refractivity contribution < 1.29 is 14.2 Å². The maximum absolute atomic E-state index is 13.7. The zero-order chi connectivity index (χ0) is 23.5. The molecule has 1 aliphatic rings. The van der Waals surface area contributed by atoms with Gasteiger partial charge in [-0.2, -0.15) is 5.26 Å². The highest BCUT2D eigenvalue weighted by Crippen LogP contribution is 2.40. The second-order valence-electron chi connectivity index (χ2n) is 7.67. The molecule has 4 rings (SSSR count). The van der Waals surface area contributed by atoms with Crippen LogP contribution in [-0.4, -0.2) is 23.8 Å². The maximum atomic E-state index is 13.7. The number of aromatic nitrogens is 2. The van der Waals surface area contributed by atoms with Crippen LogP contribution in [0.25, 0.3) is 0 Å². The Balaban J connectivity index is 1.76. The van der Waals surface area contributed by atoms with Crippen LogP contribution in [0.1, 0.15) is 28.3 Å². The number of pyridine rings is 2. The highest BCUT2D eigenvalue weighted by molar-refractivity contribution is 5.55. The number of allylic oxidation sites excluding steroid dienone is 1. The predicted octanol–water partition coefficient (Wildman–Crippen LogP) is 3.03. The minimum Gasteiger partial charge on any atom is -0.493 e. The first-order chi connectivity index (χ1) is 16.0. The second-order valence-corrected chi connectivity index (χ2v) is 7.67. The minimum absolute atomic E-state index is 0.00805. The number of nitrogens with two attached hydrogens (primary N) is 1. The molecule has 0 amide bonds. The van der Waals surface area contributed by atoms with Crippen molar-refractivity contribution in [2.45, 2.75) is 25.8 Å². The van der Waals surface area contributed by atoms with Crippen LogP contribution in [0.4, 0.5) is 0 Å². The largest absolute Gasteiger partial charge is 0.493 e. The standard InChI is InChI=1S/C25H24N4O4/c1-15-12-21-23(22(17-6-9-28-10-7-17)18(14-26)24(27)33-21)25(30)29(15)11-8-16-4-5-19(31-2)20(13-16)32-3/h4-7,9-10,12-13,22H,8,11,27H2,1-3H3/t22-/m1/s1. The van der Waals surface area contributed by atoms with Crippen LogP contribution in [0.2, 0.25) is 0 Å². The Kier molecular flexibility index (Phi) is 6.05. The van der Waals surface area contributed by atoms with Crippen molar-refractivity contribution in [3.63, 3.8) is 0 Å². The number of fused-ring (bicyclic) bond motifs is 1. The van der Waals surface area contributed by atoms with Gasteiger partial charge in [0.25, 0.3) is 5.56 Å². The van der Waals surface area contributed by atoms with Gasteiger partial charge in [-0.3, -0.25) is 9.78 Å². The molecular formula is C25H24N4O4. The van der Waals surface area contributed by atoms with E-state index in [0.717, 1.165) is 16.8 Å². The van der Waals surface area contributed by atoms with Crippen molar-refractivity contribution in [1.82, 2.24) is 9.55 Å². The van der Waals surface area contributed by atoms with E-state index in [4.69, 9.17) is 19.9 Å². The SMILES string of the molecule is COc1ccc(CCn2c(C)cc3c(c2=O)[C@H](c2ccncc2)C(C#N)=C(N)O3)cc1OC. The zero-order valence-electron chi connectivity index (χ0n) is 18.7. The number of nitrogens with zero attached hydrogens (tertiary/aromatic N) is 3. The van der Waals surface area contributed by atoms with E-state index in [-0.39, 0.29) is 17.0 Å². The van der Waals surface area contributed by atoms with E-state index in [1.807, 2.05) is 25.1 Å². The van der Waals surface area contributed by atoms with Crippen LogP contribution in [0.5, 0.6) is 17.2 Å². The molecule has 2 N–H and O–H groups in total. The summed E-state index contributed by atoms with van der Waals surface area (Å²) >= 11 is 0. The molecule has 0 aliphatic carbocycles. The average molecular weight is 444 g/mol. The Morgan fingerprint density at radius 2 is 1.88 bits per heavy atom. The van der Waals surface area contributed by atoms with Crippen molar-refractivity contribution in [2.75, 3.05) is 14.2 Å². The van der Waals surface area contributed by atoms with Gasteiger partial charge >= 0.3 is 0 Å². The second kappa shape index (κ2) is 9.09. The monoisotopic (exact) mass is 444 g/mol. The highest BCUT2D eigenvalue weighted by Gasteiger charge is 2.34. The third-order valence-electron chi connectivity index (χ3n) is 5.80. The molecule has 1 aliphatic heterocycles. The Hall–Kier alpha value is -4.25. The Morgan fingerprint density at radius 3 is 2.55 bits per heavy atom. The minimum atomic E-state index is -0.623. The Morgan fingerprint density at radius 1 is 1.15 bits per heavy atom. The lowest BCUT2D eigenvalue weighted by atomic mass is 9.84. The van der Waals surface area contributed by atoms with Crippen LogP contribution >= 0.6 is 0 Å². The average Bonchev–Trinajstić information content (AvgIpc) is 2.83. The Labute approximate surface area is 191 Å². The van der Waals surface area contributed by atoms with E-state index in [1.54, 1.807) is 49.4 Å². The van der Waals surface area contributed by atoms with Crippen molar-refractivity contribution in [2.24, 2.45) is 5.73 Å². The molecule has 8 heteroatoms. The van der Waals surface area contributed by atoms with E-state index in [9.17, 15) is 10.1 Å². The molecule has 0 saturated heterocycles. The first kappa shape index (κ1) is 22.0. The van der Waals surface area contributed by atoms with Crippen LogP contribution in [0, 0.1) is 18.3 Å². The highest BCUT2D eigenvalue weighted by atomic mass is 16.5. The van der Waals surface area contributed by atoms with E-state index in [1.165, 1.54) is 0 Å². The normalized spacial score (nSPS) is 14.8. The van der Waals surface area contributed by atoms with Gasteiger partial charge in [-0.1, -0.05) is 6.07 Å². The number of aryl methyl sites for hydroxylation is 2. The molecule has 168 valence electrons.